The number of hydrogen-bond acceptors (Lipinski definition) is 14. The first-order chi connectivity index (χ1) is 59.2. The summed E-state index contributed by atoms with van der Waals surface area (Å²) in [6.45, 7) is 2.40. The van der Waals surface area contributed by atoms with Crippen LogP contribution in [0.1, 0.15) is 380 Å². The standard InChI is InChI=1S/C103H172O16P2/c1-4-7-10-13-16-19-22-25-28-31-34-37-39-41-43-45-46-47-48-49-50-52-54-55-57-60-62-65-68-71-74-77-80-83-86-89-101(106)113-92-98(104)93-115-120(109,110)116-94-99(105)95-117-121(111,112)118-97-100(119-103(108)91-88-85-82-79-76-73-70-67-64-59-36-33-30-27-24-21-18-15-12-9-6-3)96-114-102(107)90-87-84-81-78-75-72-69-66-63-61-58-56-53-51-44-42-40-38-35-32-29-26-23-20-17-14-11-8-5-2/h8-9,11-12,16-21,25-30,34-38,41-44,53,56,59,67,70,76,79,98-100,104-105H,4-7,10,13-15,22-24,31-33,39-40,45-52,54-55,57-58,60-66,68-69,71-75,77-78,80-97H2,1-3H3,(H,109,110)(H,111,112)/b11-8-,12-9-,19-16-,20-17-,21-18-,28-25-,29-26-,30-27-,37-34-,38-35-,43-41-,44-42-,56-53-,59-36-,70-67-,79-76-. The van der Waals surface area contributed by atoms with Crippen LogP contribution in [0, 0.1) is 0 Å². The molecule has 0 aromatic rings. The van der Waals surface area contributed by atoms with Crippen LogP contribution >= 0.6 is 15.6 Å². The van der Waals surface area contributed by atoms with Gasteiger partial charge < -0.3 is 34.2 Å². The molecule has 0 rings (SSSR count). The molecule has 0 fully saturated rings. The second-order valence-corrected chi connectivity index (χ2v) is 34.3. The van der Waals surface area contributed by atoms with Crippen LogP contribution in [0.15, 0.2) is 194 Å². The van der Waals surface area contributed by atoms with E-state index in [1.807, 2.05) is 0 Å². The summed E-state index contributed by atoms with van der Waals surface area (Å²) in [5, 5.41) is 20.8. The Morgan fingerprint density at radius 1 is 0.240 bits per heavy atom. The van der Waals surface area contributed by atoms with Gasteiger partial charge in [0.1, 0.15) is 25.4 Å². The minimum atomic E-state index is -4.96. The number of hydrogen-bond donors (Lipinski definition) is 4. The van der Waals surface area contributed by atoms with Crippen LogP contribution in [-0.4, -0.2) is 95.9 Å². The van der Waals surface area contributed by atoms with Gasteiger partial charge in [0.2, 0.25) is 0 Å². The summed E-state index contributed by atoms with van der Waals surface area (Å²) in [5.41, 5.74) is 0. The quantitative estimate of drug-likeness (QED) is 0.0146. The minimum Gasteiger partial charge on any atom is -0.463 e. The third kappa shape index (κ3) is 94.9. The van der Waals surface area contributed by atoms with E-state index < -0.39 is 91.5 Å². The van der Waals surface area contributed by atoms with Crippen LogP contribution in [0.2, 0.25) is 0 Å². The number of phosphoric ester groups is 2. The molecule has 0 radical (unpaired) electrons. The Hall–Kier alpha value is -5.61. The fraction of sp³-hybridized carbons (Fsp3) is 0.660. The number of carbonyl (C=O) groups excluding carboxylic acids is 3. The minimum absolute atomic E-state index is 0.0420. The maximum absolute atomic E-state index is 13.1. The Morgan fingerprint density at radius 3 is 0.711 bits per heavy atom. The van der Waals surface area contributed by atoms with Gasteiger partial charge in [0.05, 0.1) is 26.4 Å². The van der Waals surface area contributed by atoms with E-state index in [9.17, 15) is 43.5 Å². The van der Waals surface area contributed by atoms with E-state index in [0.717, 1.165) is 154 Å². The predicted octanol–water partition coefficient (Wildman–Crippen LogP) is 29.8. The molecule has 690 valence electrons. The van der Waals surface area contributed by atoms with Gasteiger partial charge in [0.15, 0.2) is 6.10 Å². The second kappa shape index (κ2) is 93.5. The smallest absolute Gasteiger partial charge is 0.463 e. The monoisotopic (exact) mass is 1730 g/mol. The Morgan fingerprint density at radius 2 is 0.438 bits per heavy atom. The second-order valence-electron chi connectivity index (χ2n) is 31.4. The van der Waals surface area contributed by atoms with Crippen molar-refractivity contribution in [2.45, 2.75) is 399 Å². The number of unbranched alkanes of at least 4 members (excludes halogenated alkanes) is 34. The highest BCUT2D eigenvalue weighted by Gasteiger charge is 2.29. The van der Waals surface area contributed by atoms with Crippen molar-refractivity contribution >= 4 is 33.6 Å². The lowest BCUT2D eigenvalue weighted by atomic mass is 10.0. The van der Waals surface area contributed by atoms with Crippen LogP contribution in [0.4, 0.5) is 0 Å². The average molecular weight is 1730 g/mol. The van der Waals surface area contributed by atoms with E-state index in [1.165, 1.54) is 161 Å². The summed E-state index contributed by atoms with van der Waals surface area (Å²) >= 11 is 0. The Balaban J connectivity index is 4.58. The van der Waals surface area contributed by atoms with Crippen LogP contribution < -0.4 is 0 Å². The molecule has 5 unspecified atom stereocenters. The zero-order valence-electron chi connectivity index (χ0n) is 76.1. The summed E-state index contributed by atoms with van der Waals surface area (Å²) in [6, 6.07) is 0. The number of aliphatic hydroxyl groups is 2. The molecule has 0 spiro atoms. The summed E-state index contributed by atoms with van der Waals surface area (Å²) in [5.74, 6) is -1.63. The van der Waals surface area contributed by atoms with Gasteiger partial charge in [-0.15, -0.1) is 0 Å². The molecule has 0 aliphatic rings. The fourth-order valence-electron chi connectivity index (χ4n) is 12.6. The van der Waals surface area contributed by atoms with Gasteiger partial charge in [0.25, 0.3) is 0 Å². The maximum Gasteiger partial charge on any atom is 0.472 e. The molecule has 121 heavy (non-hydrogen) atoms. The molecule has 0 aliphatic heterocycles. The number of phosphoric acid groups is 2. The average Bonchev–Trinajstić information content (AvgIpc) is 0.913. The summed E-state index contributed by atoms with van der Waals surface area (Å²) < 4.78 is 61.5. The van der Waals surface area contributed by atoms with E-state index in [0.29, 0.717) is 25.7 Å². The largest absolute Gasteiger partial charge is 0.472 e. The van der Waals surface area contributed by atoms with Crippen LogP contribution in [0.3, 0.4) is 0 Å². The van der Waals surface area contributed by atoms with E-state index >= 15 is 0 Å². The molecule has 0 amide bonds. The topological polar surface area (TPSA) is 231 Å². The van der Waals surface area contributed by atoms with Gasteiger partial charge in [-0.3, -0.25) is 32.5 Å². The molecule has 5 atom stereocenters. The summed E-state index contributed by atoms with van der Waals surface area (Å²) in [7, 11) is -9.84. The lowest BCUT2D eigenvalue weighted by Gasteiger charge is -2.21. The predicted molar refractivity (Wildman–Crippen MR) is 509 cm³/mol. The first-order valence-electron chi connectivity index (χ1n) is 47.7. The lowest BCUT2D eigenvalue weighted by molar-refractivity contribution is -0.161. The fourth-order valence-corrected chi connectivity index (χ4v) is 14.2. The van der Waals surface area contributed by atoms with Crippen molar-refractivity contribution in [2.24, 2.45) is 0 Å². The molecule has 0 bridgehead atoms. The van der Waals surface area contributed by atoms with Crippen LogP contribution in [0.5, 0.6) is 0 Å². The molecular formula is C103H172O16P2. The lowest BCUT2D eigenvalue weighted by Crippen LogP contribution is -2.30. The van der Waals surface area contributed by atoms with Gasteiger partial charge in [-0.25, -0.2) is 9.13 Å². The molecule has 0 aromatic carbocycles. The molecule has 4 N–H and O–H groups in total. The highest BCUT2D eigenvalue weighted by Crippen LogP contribution is 2.45. The third-order valence-corrected chi connectivity index (χ3v) is 21.7. The van der Waals surface area contributed by atoms with E-state index in [1.54, 1.807) is 0 Å². The first kappa shape index (κ1) is 115. The Labute approximate surface area is 737 Å². The van der Waals surface area contributed by atoms with E-state index in [2.05, 4.69) is 215 Å². The Bertz CT molecular complexity index is 2980. The maximum atomic E-state index is 13.1. The van der Waals surface area contributed by atoms with Gasteiger partial charge in [0, 0.05) is 19.3 Å². The number of esters is 3. The molecule has 16 nitrogen and oxygen atoms in total. The molecule has 0 saturated carbocycles. The summed E-state index contributed by atoms with van der Waals surface area (Å²) in [4.78, 5) is 59.0. The third-order valence-electron chi connectivity index (χ3n) is 19.8. The van der Waals surface area contributed by atoms with E-state index in [4.69, 9.17) is 32.3 Å². The van der Waals surface area contributed by atoms with Gasteiger partial charge >= 0.3 is 33.6 Å². The Kier molecular flexibility index (Phi) is 89.2. The van der Waals surface area contributed by atoms with Crippen molar-refractivity contribution in [1.82, 2.24) is 0 Å². The van der Waals surface area contributed by atoms with Crippen molar-refractivity contribution in [1.29, 1.82) is 0 Å². The summed E-state index contributed by atoms with van der Waals surface area (Å²) in [6.07, 6.45) is 125. The zero-order chi connectivity index (χ0) is 87.9. The molecule has 0 aromatic heterocycles. The number of allylic oxidation sites excluding steroid dienone is 32. The molecule has 18 heteroatoms. The zero-order valence-corrected chi connectivity index (χ0v) is 77.9. The van der Waals surface area contributed by atoms with Gasteiger partial charge in [-0.05, 0) is 167 Å². The van der Waals surface area contributed by atoms with Crippen molar-refractivity contribution < 1.29 is 75.8 Å². The van der Waals surface area contributed by atoms with Crippen molar-refractivity contribution in [3.63, 3.8) is 0 Å². The number of rotatable bonds is 89. The molecule has 0 heterocycles. The number of carbonyl (C=O) groups is 3. The molecular weight excluding hydrogens is 1560 g/mol. The van der Waals surface area contributed by atoms with Crippen molar-refractivity contribution in [3.8, 4) is 0 Å². The highest BCUT2D eigenvalue weighted by molar-refractivity contribution is 7.47. The number of aliphatic hydroxyl groups excluding tert-OH is 2. The SMILES string of the molecule is CC/C=C\C/C=C\C/C=C\C/C=C\C/C=C\C/C=C\CCCCCCCCCCCCC(=O)OCC(COP(=O)(O)OCC(O)COP(=O)(O)OCC(O)COC(=O)CCCCCCCCCCCCCCCCCCCCC/C=C\C/C=C\C/C=C\C/C=C\CCCCC)OC(=O)CCCC/C=C\C/C=C\C/C=C\C/C=C\C/C=C\C/C=C\CC. The highest BCUT2D eigenvalue weighted by atomic mass is 31.2. The van der Waals surface area contributed by atoms with E-state index in [-0.39, 0.29) is 19.3 Å². The van der Waals surface area contributed by atoms with Gasteiger partial charge in [-0.2, -0.15) is 0 Å². The normalized spacial score (nSPS) is 14.6. The molecule has 0 saturated heterocycles. The van der Waals surface area contributed by atoms with Gasteiger partial charge in [-0.1, -0.05) is 389 Å². The van der Waals surface area contributed by atoms with Crippen molar-refractivity contribution in [2.75, 3.05) is 39.6 Å². The van der Waals surface area contributed by atoms with Crippen LogP contribution in [-0.2, 0) is 55.8 Å². The number of ether oxygens (including phenoxy) is 3. The van der Waals surface area contributed by atoms with Crippen molar-refractivity contribution in [3.05, 3.63) is 194 Å². The van der Waals surface area contributed by atoms with Crippen LogP contribution in [0.25, 0.3) is 0 Å². The molecule has 0 aliphatic carbocycles. The first-order valence-corrected chi connectivity index (χ1v) is 50.7.